The number of ether oxygens (including phenoxy) is 2. The first-order valence-corrected chi connectivity index (χ1v) is 7.03. The molecule has 6 heteroatoms. The lowest BCUT2D eigenvalue weighted by atomic mass is 10.2. The zero-order valence-electron chi connectivity index (χ0n) is 10.4. The van der Waals surface area contributed by atoms with Crippen molar-refractivity contribution in [2.75, 3.05) is 13.7 Å². The van der Waals surface area contributed by atoms with E-state index < -0.39 is 5.97 Å². The number of pyridine rings is 1. The number of nitrogens with zero attached hydrogens (tertiary/aromatic N) is 1. The monoisotopic (exact) mass is 391 g/mol. The summed E-state index contributed by atoms with van der Waals surface area (Å²) in [4.78, 5) is 15.9. The van der Waals surface area contributed by atoms with E-state index in [1.54, 1.807) is 18.2 Å². The molecule has 0 saturated carbocycles. The number of halogens is 2. The van der Waals surface area contributed by atoms with Gasteiger partial charge in [0.15, 0.2) is 5.69 Å². The van der Waals surface area contributed by atoms with Crippen LogP contribution in [0.2, 0.25) is 5.02 Å². The fourth-order valence-electron chi connectivity index (χ4n) is 1.71. The lowest BCUT2D eigenvalue weighted by Gasteiger charge is -2.10. The van der Waals surface area contributed by atoms with E-state index in [2.05, 4.69) is 27.6 Å². The molecule has 2 aromatic rings. The van der Waals surface area contributed by atoms with Crippen molar-refractivity contribution in [1.29, 1.82) is 0 Å². The summed E-state index contributed by atoms with van der Waals surface area (Å²) in [5, 5.41) is 1.39. The van der Waals surface area contributed by atoms with Crippen molar-refractivity contribution in [2.24, 2.45) is 0 Å². The van der Waals surface area contributed by atoms with Crippen LogP contribution >= 0.6 is 34.2 Å². The topological polar surface area (TPSA) is 48.4 Å². The number of carbonyl (C=O) groups excluding carboxylic acids is 1. The number of methoxy groups -OCH3 is 1. The van der Waals surface area contributed by atoms with Gasteiger partial charge in [-0.05, 0) is 41.6 Å². The van der Waals surface area contributed by atoms with E-state index in [1.165, 1.54) is 7.11 Å². The summed E-state index contributed by atoms with van der Waals surface area (Å²) in [6, 6.07) is 5.14. The summed E-state index contributed by atoms with van der Waals surface area (Å²) in [7, 11) is 1.32. The minimum Gasteiger partial charge on any atom is -0.493 e. The SMILES string of the molecule is CCOc1cc(C(=O)OC)nc2c(I)cc(Cl)cc12. The number of benzene rings is 1. The minimum atomic E-state index is -0.492. The van der Waals surface area contributed by atoms with Crippen LogP contribution in [0.4, 0.5) is 0 Å². The van der Waals surface area contributed by atoms with Gasteiger partial charge in [0, 0.05) is 20.0 Å². The van der Waals surface area contributed by atoms with E-state index in [-0.39, 0.29) is 5.69 Å². The lowest BCUT2D eigenvalue weighted by molar-refractivity contribution is 0.0594. The largest absolute Gasteiger partial charge is 0.493 e. The maximum absolute atomic E-state index is 11.6. The molecule has 0 saturated heterocycles. The second kappa shape index (κ2) is 5.92. The molecule has 0 N–H and O–H groups in total. The van der Waals surface area contributed by atoms with E-state index in [0.29, 0.717) is 22.9 Å². The Morgan fingerprint density at radius 1 is 1.42 bits per heavy atom. The zero-order valence-corrected chi connectivity index (χ0v) is 13.3. The Kier molecular flexibility index (Phi) is 4.46. The van der Waals surface area contributed by atoms with Gasteiger partial charge in [-0.2, -0.15) is 0 Å². The molecule has 19 heavy (non-hydrogen) atoms. The Balaban J connectivity index is 2.75. The zero-order chi connectivity index (χ0) is 14.0. The van der Waals surface area contributed by atoms with Crippen LogP contribution in [0, 0.1) is 3.57 Å². The van der Waals surface area contributed by atoms with Gasteiger partial charge in [-0.15, -0.1) is 0 Å². The first kappa shape index (κ1) is 14.3. The van der Waals surface area contributed by atoms with Crippen LogP contribution in [0.5, 0.6) is 5.75 Å². The summed E-state index contributed by atoms with van der Waals surface area (Å²) in [6.07, 6.45) is 0. The highest BCUT2D eigenvalue weighted by molar-refractivity contribution is 14.1. The van der Waals surface area contributed by atoms with Crippen molar-refractivity contribution >= 4 is 51.1 Å². The van der Waals surface area contributed by atoms with Crippen LogP contribution < -0.4 is 4.74 Å². The van der Waals surface area contributed by atoms with Gasteiger partial charge in [0.1, 0.15) is 5.75 Å². The number of aromatic nitrogens is 1. The first-order valence-electron chi connectivity index (χ1n) is 5.57. The average molecular weight is 392 g/mol. The Bertz CT molecular complexity index is 645. The van der Waals surface area contributed by atoms with Gasteiger partial charge in [0.2, 0.25) is 0 Å². The molecule has 0 unspecified atom stereocenters. The third-order valence-corrected chi connectivity index (χ3v) is 3.53. The molecule has 1 aromatic heterocycles. The highest BCUT2D eigenvalue weighted by atomic mass is 127. The van der Waals surface area contributed by atoms with E-state index >= 15 is 0 Å². The van der Waals surface area contributed by atoms with E-state index in [0.717, 1.165) is 8.96 Å². The van der Waals surface area contributed by atoms with Gasteiger partial charge in [0.05, 0.1) is 19.2 Å². The highest BCUT2D eigenvalue weighted by Crippen LogP contribution is 2.31. The fraction of sp³-hybridized carbons (Fsp3) is 0.231. The Labute approximate surface area is 129 Å². The molecule has 1 heterocycles. The molecule has 0 aliphatic heterocycles. The smallest absolute Gasteiger partial charge is 0.356 e. The maximum atomic E-state index is 11.6. The Morgan fingerprint density at radius 2 is 2.16 bits per heavy atom. The average Bonchev–Trinajstić information content (AvgIpc) is 2.38. The highest BCUT2D eigenvalue weighted by Gasteiger charge is 2.15. The standard InChI is InChI=1S/C13H11ClINO3/c1-3-19-11-6-10(13(17)18-2)16-12-8(11)4-7(14)5-9(12)15/h4-6H,3H2,1-2H3. The number of esters is 1. The summed E-state index contributed by atoms with van der Waals surface area (Å²) in [5.41, 5.74) is 0.898. The van der Waals surface area contributed by atoms with Crippen molar-refractivity contribution in [1.82, 2.24) is 4.98 Å². The number of fused-ring (bicyclic) bond motifs is 1. The molecular formula is C13H11ClINO3. The third-order valence-electron chi connectivity index (χ3n) is 2.49. The maximum Gasteiger partial charge on any atom is 0.356 e. The van der Waals surface area contributed by atoms with Crippen LogP contribution in [0.15, 0.2) is 18.2 Å². The van der Waals surface area contributed by atoms with Crippen LogP contribution in [0.1, 0.15) is 17.4 Å². The molecular weight excluding hydrogens is 381 g/mol. The Hall–Kier alpha value is -1.08. The van der Waals surface area contributed by atoms with Gasteiger partial charge < -0.3 is 9.47 Å². The molecule has 0 spiro atoms. The van der Waals surface area contributed by atoms with Crippen LogP contribution in [-0.4, -0.2) is 24.7 Å². The molecule has 0 aliphatic carbocycles. The first-order chi connectivity index (χ1) is 9.06. The number of carbonyl (C=O) groups is 1. The predicted molar refractivity (Wildman–Crippen MR) is 82.0 cm³/mol. The quantitative estimate of drug-likeness (QED) is 0.592. The summed E-state index contributed by atoms with van der Waals surface area (Å²) in [5.74, 6) is 0.0851. The van der Waals surface area contributed by atoms with Gasteiger partial charge in [0.25, 0.3) is 0 Å². The molecule has 1 aromatic carbocycles. The van der Waals surface area contributed by atoms with Crippen molar-refractivity contribution < 1.29 is 14.3 Å². The fourth-order valence-corrected chi connectivity index (χ4v) is 2.86. The van der Waals surface area contributed by atoms with E-state index in [1.807, 2.05) is 6.92 Å². The molecule has 0 atom stereocenters. The summed E-state index contributed by atoms with van der Waals surface area (Å²) < 4.78 is 11.1. The second-order valence-corrected chi connectivity index (χ2v) is 5.31. The predicted octanol–water partition coefficient (Wildman–Crippen LogP) is 3.68. The second-order valence-electron chi connectivity index (χ2n) is 3.71. The molecule has 0 amide bonds. The van der Waals surface area contributed by atoms with Gasteiger partial charge in [-0.25, -0.2) is 9.78 Å². The molecule has 100 valence electrons. The number of rotatable bonds is 3. The van der Waals surface area contributed by atoms with Gasteiger partial charge >= 0.3 is 5.97 Å². The normalized spacial score (nSPS) is 10.5. The molecule has 2 rings (SSSR count). The third kappa shape index (κ3) is 2.92. The molecule has 0 radical (unpaired) electrons. The molecule has 0 aliphatic rings. The van der Waals surface area contributed by atoms with Gasteiger partial charge in [-0.3, -0.25) is 0 Å². The minimum absolute atomic E-state index is 0.221. The van der Waals surface area contributed by atoms with Crippen molar-refractivity contribution in [3.8, 4) is 5.75 Å². The molecule has 4 nitrogen and oxygen atoms in total. The van der Waals surface area contributed by atoms with E-state index in [4.69, 9.17) is 21.1 Å². The number of hydrogen-bond donors (Lipinski definition) is 0. The lowest BCUT2D eigenvalue weighted by Crippen LogP contribution is -2.06. The van der Waals surface area contributed by atoms with Crippen molar-refractivity contribution in [2.45, 2.75) is 6.92 Å². The number of hydrogen-bond acceptors (Lipinski definition) is 4. The van der Waals surface area contributed by atoms with Gasteiger partial charge in [-0.1, -0.05) is 11.6 Å². The van der Waals surface area contributed by atoms with Crippen LogP contribution in [0.3, 0.4) is 0 Å². The summed E-state index contributed by atoms with van der Waals surface area (Å²) >= 11 is 8.17. The van der Waals surface area contributed by atoms with Crippen molar-refractivity contribution in [3.05, 3.63) is 32.5 Å². The Morgan fingerprint density at radius 3 is 2.79 bits per heavy atom. The molecule has 0 bridgehead atoms. The van der Waals surface area contributed by atoms with Crippen LogP contribution in [0.25, 0.3) is 10.9 Å². The van der Waals surface area contributed by atoms with Crippen molar-refractivity contribution in [3.63, 3.8) is 0 Å². The van der Waals surface area contributed by atoms with Crippen LogP contribution in [-0.2, 0) is 4.74 Å². The molecule has 0 fully saturated rings. The van der Waals surface area contributed by atoms with E-state index in [9.17, 15) is 4.79 Å². The summed E-state index contributed by atoms with van der Waals surface area (Å²) in [6.45, 7) is 2.36.